The Bertz CT molecular complexity index is 353. The highest BCUT2D eigenvalue weighted by Gasteiger charge is 2.22. The van der Waals surface area contributed by atoms with Gasteiger partial charge in [-0.3, -0.25) is 14.9 Å². The second kappa shape index (κ2) is 7.11. The molecule has 108 valence electrons. The Kier molecular flexibility index (Phi) is 5.79. The summed E-state index contributed by atoms with van der Waals surface area (Å²) in [5.41, 5.74) is 0. The molecular weight excluding hydrogens is 248 g/mol. The third-order valence-corrected chi connectivity index (χ3v) is 3.41. The molecule has 1 aliphatic rings. The summed E-state index contributed by atoms with van der Waals surface area (Å²) in [6.45, 7) is 2.35. The van der Waals surface area contributed by atoms with Crippen LogP contribution in [0.5, 0.6) is 0 Å². The normalized spacial score (nSPS) is 16.3. The van der Waals surface area contributed by atoms with Gasteiger partial charge in [-0.1, -0.05) is 13.3 Å². The molecule has 1 atom stereocenters. The molecular formula is C13H22N2O4. The molecule has 1 aliphatic carbocycles. The smallest absolute Gasteiger partial charge is 0.323 e. The summed E-state index contributed by atoms with van der Waals surface area (Å²) in [7, 11) is 1.67. The summed E-state index contributed by atoms with van der Waals surface area (Å²) in [6.07, 6.45) is 3.48. The van der Waals surface area contributed by atoms with Crippen LogP contribution in [-0.2, 0) is 9.59 Å². The van der Waals surface area contributed by atoms with Gasteiger partial charge in [0, 0.05) is 26.4 Å². The monoisotopic (exact) mass is 270 g/mol. The van der Waals surface area contributed by atoms with E-state index in [0.717, 1.165) is 12.8 Å². The minimum absolute atomic E-state index is 0.0509. The average molecular weight is 270 g/mol. The number of carboxylic acids is 1. The number of hydrogen-bond donors (Lipinski definition) is 2. The quantitative estimate of drug-likeness (QED) is 0.765. The minimum atomic E-state index is -0.936. The first-order valence-electron chi connectivity index (χ1n) is 6.65. The molecule has 0 aliphatic heterocycles. The lowest BCUT2D eigenvalue weighted by molar-refractivity contribution is -0.138. The Labute approximate surface area is 113 Å². The Morgan fingerprint density at radius 1 is 1.32 bits per heavy atom. The van der Waals surface area contributed by atoms with Gasteiger partial charge >= 0.3 is 12.0 Å². The van der Waals surface area contributed by atoms with Gasteiger partial charge in [0.25, 0.3) is 0 Å². The molecule has 1 saturated carbocycles. The van der Waals surface area contributed by atoms with Crippen LogP contribution in [0.2, 0.25) is 0 Å². The van der Waals surface area contributed by atoms with Crippen LogP contribution in [0, 0.1) is 11.8 Å². The molecule has 3 amide bonds. The largest absolute Gasteiger partial charge is 0.481 e. The van der Waals surface area contributed by atoms with Gasteiger partial charge in [-0.25, -0.2) is 4.79 Å². The number of imide groups is 1. The number of carbonyl (C=O) groups excluding carboxylic acids is 2. The second-order valence-electron chi connectivity index (χ2n) is 5.44. The van der Waals surface area contributed by atoms with Gasteiger partial charge in [-0.05, 0) is 24.7 Å². The number of hydrogen-bond acceptors (Lipinski definition) is 3. The van der Waals surface area contributed by atoms with Gasteiger partial charge in [0.1, 0.15) is 0 Å². The topological polar surface area (TPSA) is 86.7 Å². The summed E-state index contributed by atoms with van der Waals surface area (Å²) in [6, 6.07) is -0.403. The lowest BCUT2D eigenvalue weighted by Gasteiger charge is -2.30. The fraction of sp³-hybridized carbons (Fsp3) is 0.769. The van der Waals surface area contributed by atoms with E-state index in [-0.39, 0.29) is 18.8 Å². The molecule has 0 aromatic heterocycles. The van der Waals surface area contributed by atoms with E-state index in [1.165, 1.54) is 11.3 Å². The number of carbonyl (C=O) groups is 3. The van der Waals surface area contributed by atoms with Gasteiger partial charge in [0.15, 0.2) is 0 Å². The SMILES string of the molecule is CC(CC(=O)O)CC(=O)NC(=O)N(C)CC1CCC1. The van der Waals surface area contributed by atoms with E-state index in [1.54, 1.807) is 14.0 Å². The third kappa shape index (κ3) is 5.72. The zero-order chi connectivity index (χ0) is 14.4. The van der Waals surface area contributed by atoms with Crippen LogP contribution in [0.25, 0.3) is 0 Å². The Morgan fingerprint density at radius 3 is 2.42 bits per heavy atom. The van der Waals surface area contributed by atoms with Gasteiger partial charge < -0.3 is 10.0 Å². The fourth-order valence-electron chi connectivity index (χ4n) is 2.10. The maximum atomic E-state index is 11.7. The molecule has 0 aromatic rings. The van der Waals surface area contributed by atoms with E-state index in [9.17, 15) is 14.4 Å². The second-order valence-corrected chi connectivity index (χ2v) is 5.44. The van der Waals surface area contributed by atoms with Crippen molar-refractivity contribution in [1.29, 1.82) is 0 Å². The van der Waals surface area contributed by atoms with Crippen molar-refractivity contribution in [2.75, 3.05) is 13.6 Å². The van der Waals surface area contributed by atoms with Crippen LogP contribution >= 0.6 is 0 Å². The Balaban J connectivity index is 2.26. The van der Waals surface area contributed by atoms with Crippen molar-refractivity contribution >= 4 is 17.9 Å². The zero-order valence-corrected chi connectivity index (χ0v) is 11.5. The van der Waals surface area contributed by atoms with Gasteiger partial charge in [0.05, 0.1) is 0 Å². The summed E-state index contributed by atoms with van der Waals surface area (Å²) >= 11 is 0. The molecule has 6 nitrogen and oxygen atoms in total. The van der Waals surface area contributed by atoms with Crippen LogP contribution in [0.3, 0.4) is 0 Å². The minimum Gasteiger partial charge on any atom is -0.481 e. The van der Waals surface area contributed by atoms with E-state index < -0.39 is 17.9 Å². The summed E-state index contributed by atoms with van der Waals surface area (Å²) < 4.78 is 0. The molecule has 1 unspecified atom stereocenters. The molecule has 0 radical (unpaired) electrons. The van der Waals surface area contributed by atoms with Crippen molar-refractivity contribution in [2.24, 2.45) is 11.8 Å². The number of urea groups is 1. The first kappa shape index (κ1) is 15.5. The van der Waals surface area contributed by atoms with Crippen molar-refractivity contribution in [3.8, 4) is 0 Å². The van der Waals surface area contributed by atoms with Gasteiger partial charge in [0.2, 0.25) is 5.91 Å². The molecule has 1 rings (SSSR count). The predicted octanol–water partition coefficient (Wildman–Crippen LogP) is 1.46. The molecule has 1 fully saturated rings. The maximum Gasteiger partial charge on any atom is 0.323 e. The lowest BCUT2D eigenvalue weighted by Crippen LogP contribution is -2.43. The summed E-state index contributed by atoms with van der Waals surface area (Å²) in [4.78, 5) is 35.3. The molecule has 19 heavy (non-hydrogen) atoms. The van der Waals surface area contributed by atoms with E-state index >= 15 is 0 Å². The number of nitrogens with zero attached hydrogens (tertiary/aromatic N) is 1. The van der Waals surface area contributed by atoms with E-state index in [1.807, 2.05) is 0 Å². The van der Waals surface area contributed by atoms with Gasteiger partial charge in [-0.15, -0.1) is 0 Å². The maximum absolute atomic E-state index is 11.7. The third-order valence-electron chi connectivity index (χ3n) is 3.41. The first-order chi connectivity index (χ1) is 8.88. The molecule has 0 bridgehead atoms. The molecule has 6 heteroatoms. The highest BCUT2D eigenvalue weighted by atomic mass is 16.4. The lowest BCUT2D eigenvalue weighted by atomic mass is 9.85. The zero-order valence-electron chi connectivity index (χ0n) is 11.5. The molecule has 0 saturated heterocycles. The first-order valence-corrected chi connectivity index (χ1v) is 6.65. The van der Waals surface area contributed by atoms with Crippen LogP contribution in [-0.4, -0.2) is 41.5 Å². The predicted molar refractivity (Wildman–Crippen MR) is 69.5 cm³/mol. The standard InChI is InChI=1S/C13H22N2O4/c1-9(7-12(17)18)6-11(16)14-13(19)15(2)8-10-4-3-5-10/h9-10H,3-8H2,1-2H3,(H,17,18)(H,14,16,19). The van der Waals surface area contributed by atoms with Crippen LogP contribution < -0.4 is 5.32 Å². The summed E-state index contributed by atoms with van der Waals surface area (Å²) in [5, 5.41) is 10.9. The van der Waals surface area contributed by atoms with Gasteiger partial charge in [-0.2, -0.15) is 0 Å². The number of aliphatic carboxylic acids is 1. The summed E-state index contributed by atoms with van der Waals surface area (Å²) in [5.74, 6) is -1.08. The number of carboxylic acid groups (broad SMARTS) is 1. The van der Waals surface area contributed by atoms with E-state index in [0.29, 0.717) is 12.5 Å². The van der Waals surface area contributed by atoms with E-state index in [2.05, 4.69) is 5.32 Å². The van der Waals surface area contributed by atoms with Crippen molar-refractivity contribution in [3.63, 3.8) is 0 Å². The van der Waals surface area contributed by atoms with Crippen LogP contribution in [0.4, 0.5) is 4.79 Å². The molecule has 2 N–H and O–H groups in total. The van der Waals surface area contributed by atoms with E-state index in [4.69, 9.17) is 5.11 Å². The number of rotatable bonds is 6. The molecule has 0 aromatic carbocycles. The van der Waals surface area contributed by atoms with Crippen LogP contribution in [0.1, 0.15) is 39.0 Å². The highest BCUT2D eigenvalue weighted by molar-refractivity contribution is 5.94. The van der Waals surface area contributed by atoms with Crippen molar-refractivity contribution in [1.82, 2.24) is 10.2 Å². The molecule has 0 spiro atoms. The van der Waals surface area contributed by atoms with Crippen molar-refractivity contribution in [2.45, 2.75) is 39.0 Å². The Hall–Kier alpha value is -1.59. The number of amides is 3. The highest BCUT2D eigenvalue weighted by Crippen LogP contribution is 2.26. The number of nitrogens with one attached hydrogen (secondary N) is 1. The van der Waals surface area contributed by atoms with Crippen molar-refractivity contribution < 1.29 is 19.5 Å². The average Bonchev–Trinajstić information content (AvgIpc) is 2.21. The van der Waals surface area contributed by atoms with Crippen molar-refractivity contribution in [3.05, 3.63) is 0 Å². The Morgan fingerprint density at radius 2 is 1.95 bits per heavy atom. The van der Waals surface area contributed by atoms with Crippen LogP contribution in [0.15, 0.2) is 0 Å². The fourth-order valence-corrected chi connectivity index (χ4v) is 2.10. The molecule has 0 heterocycles.